The van der Waals surface area contributed by atoms with Crippen molar-refractivity contribution in [3.05, 3.63) is 18.2 Å². The Morgan fingerprint density at radius 2 is 2.00 bits per heavy atom. The number of nitrogens with zero attached hydrogens (tertiary/aromatic N) is 2. The van der Waals surface area contributed by atoms with Crippen LogP contribution in [-0.4, -0.2) is 35.0 Å². The van der Waals surface area contributed by atoms with E-state index in [4.69, 9.17) is 9.47 Å². The van der Waals surface area contributed by atoms with Crippen LogP contribution in [-0.2, 0) is 9.47 Å². The first-order valence-electron chi connectivity index (χ1n) is 7.61. The molecule has 1 aromatic heterocycles. The third-order valence-electron chi connectivity index (χ3n) is 4.91. The van der Waals surface area contributed by atoms with E-state index in [1.165, 1.54) is 18.7 Å². The predicted octanol–water partition coefficient (Wildman–Crippen LogP) is 2.66. The first kappa shape index (κ1) is 11.9. The van der Waals surface area contributed by atoms with Gasteiger partial charge in [0.15, 0.2) is 0 Å². The van der Waals surface area contributed by atoms with E-state index in [2.05, 4.69) is 15.7 Å². The number of hydrogen-bond donors (Lipinski definition) is 0. The summed E-state index contributed by atoms with van der Waals surface area (Å²) in [6.07, 6.45) is 11.1. The first-order chi connectivity index (χ1) is 9.36. The highest BCUT2D eigenvalue weighted by Crippen LogP contribution is 2.43. The molecule has 1 spiro atoms. The van der Waals surface area contributed by atoms with Gasteiger partial charge in [0.2, 0.25) is 0 Å². The first-order valence-corrected chi connectivity index (χ1v) is 7.61. The Labute approximate surface area is 114 Å². The highest BCUT2D eigenvalue weighted by Gasteiger charge is 2.40. The van der Waals surface area contributed by atoms with Crippen molar-refractivity contribution >= 4 is 0 Å². The van der Waals surface area contributed by atoms with Crippen LogP contribution in [0.25, 0.3) is 0 Å². The summed E-state index contributed by atoms with van der Waals surface area (Å²) in [5.41, 5.74) is 0.0757. The van der Waals surface area contributed by atoms with Gasteiger partial charge in [-0.3, -0.25) is 0 Å². The second-order valence-corrected chi connectivity index (χ2v) is 6.26. The summed E-state index contributed by atoms with van der Waals surface area (Å²) in [5, 5.41) is 0. The maximum atomic E-state index is 6.14. The van der Waals surface area contributed by atoms with Gasteiger partial charge in [-0.25, -0.2) is 4.98 Å². The van der Waals surface area contributed by atoms with Crippen LogP contribution in [0.5, 0.6) is 0 Å². The Balaban J connectivity index is 1.55. The minimum atomic E-state index is 0.0757. The van der Waals surface area contributed by atoms with Crippen molar-refractivity contribution in [3.8, 4) is 0 Å². The van der Waals surface area contributed by atoms with Crippen molar-refractivity contribution in [1.82, 2.24) is 9.55 Å². The second-order valence-electron chi connectivity index (χ2n) is 6.26. The van der Waals surface area contributed by atoms with Gasteiger partial charge in [0, 0.05) is 44.2 Å². The molecule has 104 valence electrons. The van der Waals surface area contributed by atoms with Gasteiger partial charge in [0.25, 0.3) is 0 Å². The molecule has 19 heavy (non-hydrogen) atoms. The van der Waals surface area contributed by atoms with Crippen LogP contribution in [0.1, 0.15) is 56.3 Å². The molecule has 2 saturated heterocycles. The fourth-order valence-electron chi connectivity index (χ4n) is 3.62. The molecule has 3 aliphatic rings. The quantitative estimate of drug-likeness (QED) is 0.822. The minimum Gasteiger partial charge on any atom is -0.381 e. The van der Waals surface area contributed by atoms with Gasteiger partial charge in [0.1, 0.15) is 5.82 Å². The molecule has 4 heteroatoms. The van der Waals surface area contributed by atoms with Gasteiger partial charge < -0.3 is 14.0 Å². The topological polar surface area (TPSA) is 36.3 Å². The second kappa shape index (κ2) is 4.60. The highest BCUT2D eigenvalue weighted by molar-refractivity contribution is 5.09. The molecule has 4 rings (SSSR count). The summed E-state index contributed by atoms with van der Waals surface area (Å²) in [4.78, 5) is 4.58. The smallest absolute Gasteiger partial charge is 0.112 e. The van der Waals surface area contributed by atoms with Gasteiger partial charge in [-0.2, -0.15) is 0 Å². The Morgan fingerprint density at radius 1 is 1.16 bits per heavy atom. The number of ether oxygens (including phenoxy) is 2. The Bertz CT molecular complexity index is 441. The van der Waals surface area contributed by atoms with E-state index in [0.29, 0.717) is 6.04 Å². The van der Waals surface area contributed by atoms with Crippen molar-refractivity contribution in [3.63, 3.8) is 0 Å². The Morgan fingerprint density at radius 3 is 2.79 bits per heavy atom. The zero-order chi connectivity index (χ0) is 12.7. The Hall–Kier alpha value is -0.870. The third-order valence-corrected chi connectivity index (χ3v) is 4.91. The maximum Gasteiger partial charge on any atom is 0.112 e. The van der Waals surface area contributed by atoms with E-state index >= 15 is 0 Å². The van der Waals surface area contributed by atoms with E-state index in [9.17, 15) is 0 Å². The monoisotopic (exact) mass is 262 g/mol. The van der Waals surface area contributed by atoms with Gasteiger partial charge >= 0.3 is 0 Å². The van der Waals surface area contributed by atoms with Crippen LogP contribution in [0.3, 0.4) is 0 Å². The van der Waals surface area contributed by atoms with Crippen LogP contribution in [0.15, 0.2) is 12.4 Å². The molecule has 1 aliphatic carbocycles. The molecule has 0 aromatic carbocycles. The van der Waals surface area contributed by atoms with Crippen LogP contribution < -0.4 is 0 Å². The molecule has 0 bridgehead atoms. The van der Waals surface area contributed by atoms with Gasteiger partial charge in [-0.15, -0.1) is 0 Å². The number of aromatic nitrogens is 2. The minimum absolute atomic E-state index is 0.0757. The predicted molar refractivity (Wildman–Crippen MR) is 71.2 cm³/mol. The summed E-state index contributed by atoms with van der Waals surface area (Å²) in [6, 6.07) is 0.574. The van der Waals surface area contributed by atoms with E-state index in [1.54, 1.807) is 0 Å². The molecule has 3 heterocycles. The molecule has 0 amide bonds. The van der Waals surface area contributed by atoms with Crippen molar-refractivity contribution in [2.45, 2.75) is 56.1 Å². The molecular formula is C15H22N2O2. The summed E-state index contributed by atoms with van der Waals surface area (Å²) in [6.45, 7) is 2.59. The van der Waals surface area contributed by atoms with Crippen LogP contribution in [0.2, 0.25) is 0 Å². The summed E-state index contributed by atoms with van der Waals surface area (Å²) >= 11 is 0. The SMILES string of the molecule is c1cn(C2CCOC3(CCOCC3)C2)c(C2CC2)n1. The lowest BCUT2D eigenvalue weighted by molar-refractivity contribution is -0.144. The molecule has 0 radical (unpaired) electrons. The third kappa shape index (κ3) is 2.21. The van der Waals surface area contributed by atoms with Crippen LogP contribution in [0.4, 0.5) is 0 Å². The van der Waals surface area contributed by atoms with E-state index < -0.39 is 0 Å². The average molecular weight is 262 g/mol. The molecule has 1 saturated carbocycles. The lowest BCUT2D eigenvalue weighted by Crippen LogP contribution is -2.44. The number of imidazole rings is 1. The molecule has 3 fully saturated rings. The van der Waals surface area contributed by atoms with Crippen molar-refractivity contribution in [2.75, 3.05) is 19.8 Å². The van der Waals surface area contributed by atoms with Crippen molar-refractivity contribution in [1.29, 1.82) is 0 Å². The van der Waals surface area contributed by atoms with Gasteiger partial charge in [-0.05, 0) is 38.5 Å². The molecule has 2 aliphatic heterocycles. The molecule has 1 aromatic rings. The average Bonchev–Trinajstić information content (AvgIpc) is 3.17. The van der Waals surface area contributed by atoms with Gasteiger partial charge in [-0.1, -0.05) is 0 Å². The summed E-state index contributed by atoms with van der Waals surface area (Å²) in [7, 11) is 0. The standard InChI is InChI=1S/C15H22N2O2/c1-2-12(1)14-16-6-7-17(14)13-3-8-19-15(11-13)4-9-18-10-5-15/h6-7,12-13H,1-5,8-11H2. The zero-order valence-electron chi connectivity index (χ0n) is 11.4. The summed E-state index contributed by atoms with van der Waals surface area (Å²) < 4.78 is 14.1. The fraction of sp³-hybridized carbons (Fsp3) is 0.800. The van der Waals surface area contributed by atoms with Gasteiger partial charge in [0.05, 0.1) is 5.60 Å². The zero-order valence-corrected chi connectivity index (χ0v) is 11.4. The summed E-state index contributed by atoms with van der Waals surface area (Å²) in [5.74, 6) is 2.04. The fourth-order valence-corrected chi connectivity index (χ4v) is 3.62. The van der Waals surface area contributed by atoms with Crippen LogP contribution in [0, 0.1) is 0 Å². The lowest BCUT2D eigenvalue weighted by Gasteiger charge is -2.43. The molecule has 4 nitrogen and oxygen atoms in total. The highest BCUT2D eigenvalue weighted by atomic mass is 16.5. The maximum absolute atomic E-state index is 6.14. The van der Waals surface area contributed by atoms with E-state index in [1.807, 2.05) is 6.20 Å². The normalized spacial score (nSPS) is 30.6. The molecule has 1 unspecified atom stereocenters. The number of rotatable bonds is 2. The lowest BCUT2D eigenvalue weighted by atomic mass is 9.84. The van der Waals surface area contributed by atoms with Crippen molar-refractivity contribution in [2.24, 2.45) is 0 Å². The van der Waals surface area contributed by atoms with E-state index in [0.717, 1.165) is 51.4 Å². The molecule has 1 atom stereocenters. The molecule has 0 N–H and O–H groups in total. The largest absolute Gasteiger partial charge is 0.381 e. The molecular weight excluding hydrogens is 240 g/mol. The van der Waals surface area contributed by atoms with Crippen LogP contribution >= 0.6 is 0 Å². The Kier molecular flexibility index (Phi) is 2.88. The number of hydrogen-bond acceptors (Lipinski definition) is 3. The van der Waals surface area contributed by atoms with E-state index in [-0.39, 0.29) is 5.60 Å². The van der Waals surface area contributed by atoms with Crippen molar-refractivity contribution < 1.29 is 9.47 Å².